The lowest BCUT2D eigenvalue weighted by atomic mass is 10.2. The van der Waals surface area contributed by atoms with Crippen LogP contribution in [0.1, 0.15) is 10.6 Å². The third-order valence-corrected chi connectivity index (χ3v) is 3.10. The Morgan fingerprint density at radius 1 is 1.21 bits per heavy atom. The molecule has 2 aromatic rings. The van der Waals surface area contributed by atoms with Gasteiger partial charge in [0, 0.05) is 12.4 Å². The molecule has 2 aromatic heterocycles. The Hall–Kier alpha value is -2.61. The Labute approximate surface area is 113 Å². The lowest BCUT2D eigenvalue weighted by Gasteiger charge is -2.09. The highest BCUT2D eigenvalue weighted by molar-refractivity contribution is 7.12. The normalized spacial score (nSPS) is 9.89. The molecule has 0 fully saturated rings. The number of thiophene rings is 1. The highest BCUT2D eigenvalue weighted by Crippen LogP contribution is 2.17. The van der Waals surface area contributed by atoms with Gasteiger partial charge in [0.05, 0.1) is 4.88 Å². The molecule has 0 unspecified atom stereocenters. The minimum Gasteiger partial charge on any atom is -0.381 e. The molecule has 0 spiro atoms. The topological polar surface area (TPSA) is 135 Å². The van der Waals surface area contributed by atoms with Gasteiger partial charge in [0.1, 0.15) is 11.4 Å². The predicted octanol–water partition coefficient (Wildman–Crippen LogP) is 1.28. The molecule has 0 aliphatic heterocycles. The van der Waals surface area contributed by atoms with Crippen LogP contribution in [0.25, 0.3) is 0 Å². The largest absolute Gasteiger partial charge is 0.381 e. The number of rotatable bonds is 3. The van der Waals surface area contributed by atoms with Crippen molar-refractivity contribution in [3.8, 4) is 0 Å². The molecule has 96 valence electrons. The van der Waals surface area contributed by atoms with E-state index in [1.54, 1.807) is 0 Å². The number of anilines is 1. The van der Waals surface area contributed by atoms with Gasteiger partial charge in [0.15, 0.2) is 17.5 Å². The van der Waals surface area contributed by atoms with Crippen LogP contribution in [0.5, 0.6) is 0 Å². The van der Waals surface area contributed by atoms with Crippen LogP contribution < -0.4 is 11.1 Å². The first-order chi connectivity index (χ1) is 9.09. The molecule has 0 bridgehead atoms. The van der Waals surface area contributed by atoms with E-state index in [1.165, 1.54) is 23.7 Å². The molecule has 0 aliphatic carbocycles. The fourth-order valence-electron chi connectivity index (χ4n) is 1.34. The molecule has 0 aliphatic rings. The maximum Gasteiger partial charge on any atom is 0.166 e. The van der Waals surface area contributed by atoms with Gasteiger partial charge in [0.2, 0.25) is 0 Å². The van der Waals surface area contributed by atoms with E-state index in [2.05, 4.69) is 15.3 Å². The molecule has 0 amide bonds. The zero-order chi connectivity index (χ0) is 13.8. The van der Waals surface area contributed by atoms with Gasteiger partial charge < -0.3 is 11.1 Å². The van der Waals surface area contributed by atoms with Crippen LogP contribution in [-0.4, -0.2) is 27.4 Å². The molecule has 0 atom stereocenters. The van der Waals surface area contributed by atoms with Gasteiger partial charge in [-0.3, -0.25) is 16.2 Å². The minimum atomic E-state index is -0.403. The van der Waals surface area contributed by atoms with Crippen LogP contribution in [0.2, 0.25) is 0 Å². The average Bonchev–Trinajstić information content (AvgIpc) is 2.92. The highest BCUT2D eigenvalue weighted by Gasteiger charge is 2.15. The van der Waals surface area contributed by atoms with Gasteiger partial charge in [-0.2, -0.15) is 0 Å². The van der Waals surface area contributed by atoms with Crippen LogP contribution >= 0.6 is 11.3 Å². The molecular formula is C11H11N7S. The second kappa shape index (κ2) is 5.36. The fourth-order valence-corrected chi connectivity index (χ4v) is 2.01. The first-order valence-corrected chi connectivity index (χ1v) is 6.11. The summed E-state index contributed by atoms with van der Waals surface area (Å²) in [5.74, 6) is -0.443. The van der Waals surface area contributed by atoms with Gasteiger partial charge in [-0.25, -0.2) is 9.97 Å². The van der Waals surface area contributed by atoms with Crippen LogP contribution in [0.15, 0.2) is 29.9 Å². The molecule has 0 saturated heterocycles. The third kappa shape index (κ3) is 2.80. The number of aromatic nitrogens is 2. The molecule has 0 aromatic carbocycles. The van der Waals surface area contributed by atoms with Gasteiger partial charge in [-0.05, 0) is 11.4 Å². The third-order valence-electron chi connectivity index (χ3n) is 2.22. The van der Waals surface area contributed by atoms with Crippen molar-refractivity contribution in [2.75, 3.05) is 5.32 Å². The van der Waals surface area contributed by atoms with E-state index in [0.29, 0.717) is 5.69 Å². The van der Waals surface area contributed by atoms with Crippen molar-refractivity contribution in [2.24, 2.45) is 5.73 Å². The lowest BCUT2D eigenvalue weighted by Crippen LogP contribution is -2.29. The Kier molecular flexibility index (Phi) is 3.62. The summed E-state index contributed by atoms with van der Waals surface area (Å²) in [6, 6.07) is 3.65. The number of amidine groups is 2. The van der Waals surface area contributed by atoms with E-state index in [9.17, 15) is 0 Å². The first-order valence-electron chi connectivity index (χ1n) is 5.23. The van der Waals surface area contributed by atoms with E-state index in [0.717, 1.165) is 4.88 Å². The second-order valence-electron chi connectivity index (χ2n) is 3.52. The molecule has 6 N–H and O–H groups in total. The summed E-state index contributed by atoms with van der Waals surface area (Å²) in [7, 11) is 0. The Morgan fingerprint density at radius 3 is 2.58 bits per heavy atom. The monoisotopic (exact) mass is 273 g/mol. The van der Waals surface area contributed by atoms with E-state index < -0.39 is 5.84 Å². The van der Waals surface area contributed by atoms with Gasteiger partial charge in [-0.15, -0.1) is 11.3 Å². The molecular weight excluding hydrogens is 262 g/mol. The lowest BCUT2D eigenvalue weighted by molar-refractivity contribution is 1.17. The van der Waals surface area contributed by atoms with Gasteiger partial charge in [-0.1, -0.05) is 6.07 Å². The number of hydrogen-bond acceptors (Lipinski definition) is 6. The Balaban J connectivity index is 2.34. The molecule has 2 heterocycles. The van der Waals surface area contributed by atoms with Crippen molar-refractivity contribution in [1.82, 2.24) is 9.97 Å². The Morgan fingerprint density at radius 2 is 1.95 bits per heavy atom. The van der Waals surface area contributed by atoms with Crippen LogP contribution in [-0.2, 0) is 0 Å². The molecule has 2 rings (SSSR count). The van der Waals surface area contributed by atoms with E-state index in [4.69, 9.17) is 22.0 Å². The molecule has 0 radical (unpaired) electrons. The summed E-state index contributed by atoms with van der Waals surface area (Å²) in [5, 5.41) is 27.2. The molecule has 8 heteroatoms. The summed E-state index contributed by atoms with van der Waals surface area (Å²) in [5.41, 5.74) is 5.73. The van der Waals surface area contributed by atoms with Crippen molar-refractivity contribution in [3.63, 3.8) is 0 Å². The fraction of sp³-hybridized carbons (Fsp3) is 0. The Bertz CT molecular complexity index is 632. The van der Waals surface area contributed by atoms with Crippen LogP contribution in [0.3, 0.4) is 0 Å². The van der Waals surface area contributed by atoms with Crippen molar-refractivity contribution in [1.29, 1.82) is 16.2 Å². The predicted molar refractivity (Wildman–Crippen MR) is 75.5 cm³/mol. The number of nitrogens with two attached hydrogens (primary N) is 1. The summed E-state index contributed by atoms with van der Waals surface area (Å²) in [6.07, 6.45) is 2.92. The van der Waals surface area contributed by atoms with Crippen LogP contribution in [0.4, 0.5) is 5.82 Å². The number of hydrogen-bond donors (Lipinski definition) is 5. The minimum absolute atomic E-state index is 0.210. The van der Waals surface area contributed by atoms with Gasteiger partial charge >= 0.3 is 0 Å². The standard InChI is InChI=1S/C11H11N7S/c12-7(6-2-1-5-19-6)8-11(17-4-3-16-8)18-10(15)9(13)14/h1-5,12H,(H3,13,14)(H2,15,17,18). The smallest absolute Gasteiger partial charge is 0.166 e. The maximum absolute atomic E-state index is 8.09. The van der Waals surface area contributed by atoms with E-state index >= 15 is 0 Å². The van der Waals surface area contributed by atoms with E-state index in [1.807, 2.05) is 17.5 Å². The summed E-state index contributed by atoms with van der Waals surface area (Å²) < 4.78 is 0. The average molecular weight is 273 g/mol. The van der Waals surface area contributed by atoms with E-state index in [-0.39, 0.29) is 17.4 Å². The highest BCUT2D eigenvalue weighted by atomic mass is 32.1. The van der Waals surface area contributed by atoms with Crippen LogP contribution in [0, 0.1) is 16.2 Å². The first kappa shape index (κ1) is 12.8. The maximum atomic E-state index is 8.09. The summed E-state index contributed by atoms with van der Waals surface area (Å²) in [4.78, 5) is 8.87. The number of nitrogens with one attached hydrogen (secondary N) is 4. The van der Waals surface area contributed by atoms with Crippen molar-refractivity contribution in [2.45, 2.75) is 0 Å². The zero-order valence-electron chi connectivity index (χ0n) is 9.77. The molecule has 7 nitrogen and oxygen atoms in total. The van der Waals surface area contributed by atoms with Gasteiger partial charge in [0.25, 0.3) is 0 Å². The number of nitrogens with zero attached hydrogens (tertiary/aromatic N) is 2. The van der Waals surface area contributed by atoms with Crippen molar-refractivity contribution < 1.29 is 0 Å². The summed E-state index contributed by atoms with van der Waals surface area (Å²) in [6.45, 7) is 0. The molecule has 0 saturated carbocycles. The van der Waals surface area contributed by atoms with Crippen molar-refractivity contribution in [3.05, 3.63) is 40.5 Å². The second-order valence-corrected chi connectivity index (χ2v) is 4.47. The zero-order valence-corrected chi connectivity index (χ0v) is 10.6. The molecule has 19 heavy (non-hydrogen) atoms. The SMILES string of the molecule is N=C(N)C(=N)Nc1nccnc1C(=N)c1cccs1. The summed E-state index contributed by atoms with van der Waals surface area (Å²) >= 11 is 1.42. The van der Waals surface area contributed by atoms with Crippen molar-refractivity contribution >= 4 is 34.5 Å². The quantitative estimate of drug-likeness (QED) is 0.425.